The fourth-order valence-corrected chi connectivity index (χ4v) is 3.36. The normalized spacial score (nSPS) is 17.5. The second-order valence-corrected chi connectivity index (χ2v) is 6.99. The maximum atomic E-state index is 12.1. The highest BCUT2D eigenvalue weighted by Crippen LogP contribution is 2.27. The van der Waals surface area contributed by atoms with Crippen molar-refractivity contribution >= 4 is 34.4 Å². The van der Waals surface area contributed by atoms with Crippen LogP contribution in [0.2, 0.25) is 0 Å². The van der Waals surface area contributed by atoms with Gasteiger partial charge in [0.15, 0.2) is 5.12 Å². The highest BCUT2D eigenvalue weighted by Gasteiger charge is 2.30. The predicted octanol–water partition coefficient (Wildman–Crippen LogP) is 2.73. The van der Waals surface area contributed by atoms with E-state index in [1.807, 2.05) is 24.3 Å². The molecule has 0 radical (unpaired) electrons. The number of rotatable bonds is 7. The molecule has 2 rings (SSSR count). The zero-order valence-electron chi connectivity index (χ0n) is 13.2. The van der Waals surface area contributed by atoms with E-state index in [1.54, 1.807) is 11.8 Å². The van der Waals surface area contributed by atoms with Crippen molar-refractivity contribution in [3.05, 3.63) is 29.8 Å². The number of carboxylic acid groups (broad SMARTS) is 1. The summed E-state index contributed by atoms with van der Waals surface area (Å²) < 4.78 is 0. The zero-order chi connectivity index (χ0) is 16.8. The summed E-state index contributed by atoms with van der Waals surface area (Å²) in [6, 6.07) is 7.72. The molecule has 1 atom stereocenters. The standard InChI is InChI=1S/C17H21NO4S/c1-12(19)23-11-14-9-16(20)18(10-14)15-7-5-13(6-8-15)3-2-4-17(21)22/h5-8,14H,2-4,9-11H2,1H3,(H,21,22). The van der Waals surface area contributed by atoms with Crippen LogP contribution in [-0.4, -0.2) is 34.4 Å². The van der Waals surface area contributed by atoms with Gasteiger partial charge >= 0.3 is 5.97 Å². The van der Waals surface area contributed by atoms with Gasteiger partial charge in [-0.3, -0.25) is 14.4 Å². The van der Waals surface area contributed by atoms with Gasteiger partial charge in [0.05, 0.1) is 0 Å². The lowest BCUT2D eigenvalue weighted by Gasteiger charge is -2.17. The molecule has 0 saturated carbocycles. The summed E-state index contributed by atoms with van der Waals surface area (Å²) >= 11 is 1.28. The molecule has 1 N–H and O–H groups in total. The largest absolute Gasteiger partial charge is 0.481 e. The number of carbonyl (C=O) groups excluding carboxylic acids is 2. The van der Waals surface area contributed by atoms with Gasteiger partial charge in [0.25, 0.3) is 0 Å². The maximum Gasteiger partial charge on any atom is 0.303 e. The molecule has 5 nitrogen and oxygen atoms in total. The van der Waals surface area contributed by atoms with Gasteiger partial charge in [0, 0.05) is 37.8 Å². The van der Waals surface area contributed by atoms with Crippen LogP contribution in [0.25, 0.3) is 0 Å². The van der Waals surface area contributed by atoms with Gasteiger partial charge in [-0.1, -0.05) is 23.9 Å². The molecule has 0 aromatic heterocycles. The Kier molecular flexibility index (Phi) is 6.21. The van der Waals surface area contributed by atoms with Gasteiger partial charge in [-0.25, -0.2) is 0 Å². The monoisotopic (exact) mass is 335 g/mol. The fraction of sp³-hybridized carbons (Fsp3) is 0.471. The highest BCUT2D eigenvalue weighted by molar-refractivity contribution is 8.13. The van der Waals surface area contributed by atoms with Crippen LogP contribution in [0.15, 0.2) is 24.3 Å². The van der Waals surface area contributed by atoms with Gasteiger partial charge in [-0.15, -0.1) is 0 Å². The van der Waals surface area contributed by atoms with Crippen molar-refractivity contribution < 1.29 is 19.5 Å². The molecule has 6 heteroatoms. The smallest absolute Gasteiger partial charge is 0.303 e. The quantitative estimate of drug-likeness (QED) is 0.829. The molecule has 1 aliphatic heterocycles. The van der Waals surface area contributed by atoms with Gasteiger partial charge < -0.3 is 10.0 Å². The molecule has 0 spiro atoms. The number of hydrogen-bond donors (Lipinski definition) is 1. The molecule has 1 saturated heterocycles. The van der Waals surface area contributed by atoms with Crippen molar-refractivity contribution in [2.24, 2.45) is 5.92 Å². The fourth-order valence-electron chi connectivity index (χ4n) is 2.66. The van der Waals surface area contributed by atoms with Crippen molar-refractivity contribution in [1.29, 1.82) is 0 Å². The number of benzene rings is 1. The van der Waals surface area contributed by atoms with E-state index in [2.05, 4.69) is 0 Å². The molecular formula is C17H21NO4S. The van der Waals surface area contributed by atoms with Gasteiger partial charge in [0.2, 0.25) is 5.91 Å². The SMILES string of the molecule is CC(=O)SCC1CC(=O)N(c2ccc(CCCC(=O)O)cc2)C1. The van der Waals surface area contributed by atoms with Crippen molar-refractivity contribution in [3.63, 3.8) is 0 Å². The molecule has 0 aliphatic carbocycles. The molecule has 1 aliphatic rings. The Labute approximate surface area is 140 Å². The van der Waals surface area contributed by atoms with Crippen LogP contribution in [0.5, 0.6) is 0 Å². The summed E-state index contributed by atoms with van der Waals surface area (Å²) in [5, 5.41) is 8.73. The van der Waals surface area contributed by atoms with E-state index in [0.717, 1.165) is 17.7 Å². The van der Waals surface area contributed by atoms with E-state index >= 15 is 0 Å². The summed E-state index contributed by atoms with van der Waals surface area (Å²) in [6.07, 6.45) is 1.99. The zero-order valence-corrected chi connectivity index (χ0v) is 14.0. The number of aryl methyl sites for hydroxylation is 1. The minimum absolute atomic E-state index is 0.0848. The van der Waals surface area contributed by atoms with Crippen LogP contribution in [0.3, 0.4) is 0 Å². The molecule has 1 unspecified atom stereocenters. The van der Waals surface area contributed by atoms with Crippen LogP contribution < -0.4 is 4.90 Å². The first-order valence-electron chi connectivity index (χ1n) is 7.70. The highest BCUT2D eigenvalue weighted by atomic mass is 32.2. The topological polar surface area (TPSA) is 74.7 Å². The molecule has 1 amide bonds. The number of aliphatic carboxylic acids is 1. The van der Waals surface area contributed by atoms with Gasteiger partial charge in [-0.2, -0.15) is 0 Å². The third kappa shape index (κ3) is 5.39. The van der Waals surface area contributed by atoms with Crippen molar-refractivity contribution in [2.45, 2.75) is 32.6 Å². The van der Waals surface area contributed by atoms with Crippen LogP contribution >= 0.6 is 11.8 Å². The number of amides is 1. The lowest BCUT2D eigenvalue weighted by atomic mass is 10.1. The van der Waals surface area contributed by atoms with Crippen LogP contribution in [0, 0.1) is 5.92 Å². The lowest BCUT2D eigenvalue weighted by molar-refractivity contribution is -0.137. The summed E-state index contributed by atoms with van der Waals surface area (Å²) in [5.74, 6) is 0.216. The van der Waals surface area contributed by atoms with E-state index in [9.17, 15) is 14.4 Å². The number of carbonyl (C=O) groups is 3. The Morgan fingerprint density at radius 3 is 2.61 bits per heavy atom. The van der Waals surface area contributed by atoms with Crippen LogP contribution in [0.1, 0.15) is 31.7 Å². The second kappa shape index (κ2) is 8.15. The molecule has 1 heterocycles. The van der Waals surface area contributed by atoms with Gasteiger partial charge in [-0.05, 0) is 36.5 Å². The first-order valence-corrected chi connectivity index (χ1v) is 8.68. The van der Waals surface area contributed by atoms with E-state index in [4.69, 9.17) is 5.11 Å². The molecule has 0 bridgehead atoms. The number of thioether (sulfide) groups is 1. The van der Waals surface area contributed by atoms with E-state index in [0.29, 0.717) is 25.1 Å². The number of nitrogens with zero attached hydrogens (tertiary/aromatic N) is 1. The molecular weight excluding hydrogens is 314 g/mol. The average molecular weight is 335 g/mol. The lowest BCUT2D eigenvalue weighted by Crippen LogP contribution is -2.24. The van der Waals surface area contributed by atoms with Crippen LogP contribution in [0.4, 0.5) is 5.69 Å². The summed E-state index contributed by atoms with van der Waals surface area (Å²) in [6.45, 7) is 2.19. The number of hydrogen-bond acceptors (Lipinski definition) is 4. The molecule has 1 aromatic carbocycles. The Bertz CT molecular complexity index is 585. The van der Waals surface area contributed by atoms with Gasteiger partial charge in [0.1, 0.15) is 0 Å². The van der Waals surface area contributed by atoms with Crippen molar-refractivity contribution in [3.8, 4) is 0 Å². The predicted molar refractivity (Wildman–Crippen MR) is 90.6 cm³/mol. The average Bonchev–Trinajstić information content (AvgIpc) is 2.87. The third-order valence-corrected chi connectivity index (χ3v) is 4.88. The van der Waals surface area contributed by atoms with Crippen molar-refractivity contribution in [2.75, 3.05) is 17.2 Å². The molecule has 124 valence electrons. The molecule has 23 heavy (non-hydrogen) atoms. The minimum Gasteiger partial charge on any atom is -0.481 e. The minimum atomic E-state index is -0.779. The summed E-state index contributed by atoms with van der Waals surface area (Å²) in [7, 11) is 0. The first-order chi connectivity index (χ1) is 11.0. The van der Waals surface area contributed by atoms with Crippen LogP contribution in [-0.2, 0) is 20.8 Å². The molecule has 1 fully saturated rings. The Hall–Kier alpha value is -1.82. The van der Waals surface area contributed by atoms with E-state index in [-0.39, 0.29) is 23.4 Å². The van der Waals surface area contributed by atoms with E-state index < -0.39 is 5.97 Å². The Morgan fingerprint density at radius 1 is 1.30 bits per heavy atom. The number of anilines is 1. The number of carboxylic acids is 1. The molecule has 1 aromatic rings. The maximum absolute atomic E-state index is 12.1. The van der Waals surface area contributed by atoms with Crippen molar-refractivity contribution in [1.82, 2.24) is 0 Å². The third-order valence-electron chi connectivity index (χ3n) is 3.83. The van der Waals surface area contributed by atoms with E-state index in [1.165, 1.54) is 11.8 Å². The summed E-state index contributed by atoms with van der Waals surface area (Å²) in [4.78, 5) is 35.4. The summed E-state index contributed by atoms with van der Waals surface area (Å²) in [5.41, 5.74) is 1.94. The second-order valence-electron chi connectivity index (χ2n) is 5.79. The first kappa shape index (κ1) is 17.5. The Balaban J connectivity index is 1.90. The Morgan fingerprint density at radius 2 is 2.00 bits per heavy atom.